The Kier molecular flexibility index (Phi) is 3.78. The topological polar surface area (TPSA) is 52.0 Å². The van der Waals surface area contributed by atoms with Crippen LogP contribution in [-0.2, 0) is 5.41 Å². The molecule has 0 unspecified atom stereocenters. The standard InChI is InChI=1S/C27H24N2/c1-17-11-13-23(25(28)15-17)27(24-14-12-18(2)16-26(24)29)21-9-5-3-7-19(21)20-8-4-6-10-22(20)27/h3-16H,28-29H2,1-2H3. The molecule has 2 heteroatoms. The summed E-state index contributed by atoms with van der Waals surface area (Å²) in [6, 6.07) is 30.0. The Bertz CT molecular complexity index is 1150. The third-order valence-electron chi connectivity index (χ3n) is 6.17. The molecule has 0 spiro atoms. The van der Waals surface area contributed by atoms with Gasteiger partial charge in [0.25, 0.3) is 0 Å². The minimum atomic E-state index is -0.539. The Morgan fingerprint density at radius 2 is 0.931 bits per heavy atom. The van der Waals surface area contributed by atoms with Crippen LogP contribution in [0, 0.1) is 13.8 Å². The van der Waals surface area contributed by atoms with Crippen molar-refractivity contribution >= 4 is 11.4 Å². The van der Waals surface area contributed by atoms with E-state index >= 15 is 0 Å². The minimum absolute atomic E-state index is 0.539. The van der Waals surface area contributed by atoms with Crippen molar-refractivity contribution in [2.75, 3.05) is 11.5 Å². The highest BCUT2D eigenvalue weighted by atomic mass is 14.6. The number of nitrogens with two attached hydrogens (primary N) is 2. The van der Waals surface area contributed by atoms with Gasteiger partial charge in [-0.2, -0.15) is 0 Å². The second kappa shape index (κ2) is 6.25. The van der Waals surface area contributed by atoms with Crippen LogP contribution in [0.2, 0.25) is 0 Å². The number of benzene rings is 4. The van der Waals surface area contributed by atoms with Crippen molar-refractivity contribution in [3.05, 3.63) is 118 Å². The van der Waals surface area contributed by atoms with E-state index in [4.69, 9.17) is 11.5 Å². The SMILES string of the molecule is Cc1ccc(C2(c3ccc(C)cc3N)c3ccccc3-c3ccccc32)c(N)c1. The van der Waals surface area contributed by atoms with Crippen molar-refractivity contribution in [1.29, 1.82) is 0 Å². The number of hydrogen-bond acceptors (Lipinski definition) is 2. The Morgan fingerprint density at radius 1 is 0.517 bits per heavy atom. The van der Waals surface area contributed by atoms with E-state index in [-0.39, 0.29) is 0 Å². The molecule has 0 saturated carbocycles. The summed E-state index contributed by atoms with van der Waals surface area (Å²) in [6.07, 6.45) is 0. The number of hydrogen-bond donors (Lipinski definition) is 2. The largest absolute Gasteiger partial charge is 0.398 e. The average molecular weight is 377 g/mol. The van der Waals surface area contributed by atoms with Gasteiger partial charge in [0.15, 0.2) is 0 Å². The molecule has 2 nitrogen and oxygen atoms in total. The summed E-state index contributed by atoms with van der Waals surface area (Å²) in [4.78, 5) is 0. The number of nitrogen functional groups attached to an aromatic ring is 2. The molecule has 0 radical (unpaired) electrons. The van der Waals surface area contributed by atoms with Crippen molar-refractivity contribution in [3.63, 3.8) is 0 Å². The van der Waals surface area contributed by atoms with Gasteiger partial charge in [-0.1, -0.05) is 72.8 Å². The van der Waals surface area contributed by atoms with Crippen LogP contribution in [0.5, 0.6) is 0 Å². The zero-order valence-corrected chi connectivity index (χ0v) is 16.7. The molecule has 0 fully saturated rings. The number of rotatable bonds is 2. The van der Waals surface area contributed by atoms with Gasteiger partial charge in [0, 0.05) is 11.4 Å². The zero-order chi connectivity index (χ0) is 20.2. The Hall–Kier alpha value is -3.52. The van der Waals surface area contributed by atoms with Crippen molar-refractivity contribution in [3.8, 4) is 11.1 Å². The van der Waals surface area contributed by atoms with Crippen LogP contribution in [0.25, 0.3) is 11.1 Å². The van der Waals surface area contributed by atoms with E-state index in [1.54, 1.807) is 0 Å². The monoisotopic (exact) mass is 376 g/mol. The fourth-order valence-electron chi connectivity index (χ4n) is 5.01. The maximum atomic E-state index is 6.68. The highest BCUT2D eigenvalue weighted by molar-refractivity contribution is 5.89. The van der Waals surface area contributed by atoms with Crippen LogP contribution in [0.4, 0.5) is 11.4 Å². The molecule has 5 rings (SSSR count). The van der Waals surface area contributed by atoms with Gasteiger partial charge < -0.3 is 11.5 Å². The predicted molar refractivity (Wildman–Crippen MR) is 122 cm³/mol. The van der Waals surface area contributed by atoms with Crippen LogP contribution >= 0.6 is 0 Å². The maximum Gasteiger partial charge on any atom is 0.0753 e. The fourth-order valence-corrected chi connectivity index (χ4v) is 5.01. The first-order valence-electron chi connectivity index (χ1n) is 9.96. The summed E-state index contributed by atoms with van der Waals surface area (Å²) < 4.78 is 0. The lowest BCUT2D eigenvalue weighted by Gasteiger charge is -2.35. The molecule has 1 aliphatic carbocycles. The third kappa shape index (κ3) is 2.35. The van der Waals surface area contributed by atoms with Crippen LogP contribution in [-0.4, -0.2) is 0 Å². The second-order valence-electron chi connectivity index (χ2n) is 8.02. The summed E-state index contributed by atoms with van der Waals surface area (Å²) in [6.45, 7) is 4.15. The molecule has 142 valence electrons. The van der Waals surface area contributed by atoms with E-state index < -0.39 is 5.41 Å². The summed E-state index contributed by atoms with van der Waals surface area (Å²) >= 11 is 0. The van der Waals surface area contributed by atoms with Gasteiger partial charge in [-0.05, 0) is 70.5 Å². The van der Waals surface area contributed by atoms with Crippen LogP contribution in [0.15, 0.2) is 84.9 Å². The molecule has 4 N–H and O–H groups in total. The second-order valence-corrected chi connectivity index (χ2v) is 8.02. The first-order chi connectivity index (χ1) is 14.0. The highest BCUT2D eigenvalue weighted by Gasteiger charge is 2.47. The summed E-state index contributed by atoms with van der Waals surface area (Å²) in [5.41, 5.74) is 23.8. The lowest BCUT2D eigenvalue weighted by Crippen LogP contribution is -2.30. The van der Waals surface area contributed by atoms with Crippen molar-refractivity contribution in [1.82, 2.24) is 0 Å². The molecule has 4 aromatic rings. The van der Waals surface area contributed by atoms with E-state index in [1.165, 1.54) is 22.3 Å². The molecule has 29 heavy (non-hydrogen) atoms. The van der Waals surface area contributed by atoms with Gasteiger partial charge in [0.2, 0.25) is 0 Å². The van der Waals surface area contributed by atoms with Crippen LogP contribution in [0.1, 0.15) is 33.4 Å². The van der Waals surface area contributed by atoms with Gasteiger partial charge in [-0.3, -0.25) is 0 Å². The Balaban J connectivity index is 2.00. The third-order valence-corrected chi connectivity index (χ3v) is 6.17. The maximum absolute atomic E-state index is 6.68. The molecule has 1 aliphatic rings. The summed E-state index contributed by atoms with van der Waals surface area (Å²) in [7, 11) is 0. The molecular formula is C27H24N2. The van der Waals surface area contributed by atoms with E-state index in [0.717, 1.165) is 33.6 Å². The molecular weight excluding hydrogens is 352 g/mol. The molecule has 0 saturated heterocycles. The quantitative estimate of drug-likeness (QED) is 0.381. The summed E-state index contributed by atoms with van der Waals surface area (Å²) in [5, 5.41) is 0. The van der Waals surface area contributed by atoms with E-state index in [1.807, 2.05) is 0 Å². The van der Waals surface area contributed by atoms with Crippen molar-refractivity contribution in [2.24, 2.45) is 0 Å². The molecule has 0 bridgehead atoms. The smallest absolute Gasteiger partial charge is 0.0753 e. The van der Waals surface area contributed by atoms with Crippen molar-refractivity contribution in [2.45, 2.75) is 19.3 Å². The highest BCUT2D eigenvalue weighted by Crippen LogP contribution is 2.58. The first kappa shape index (κ1) is 17.6. The normalized spacial score (nSPS) is 13.7. The van der Waals surface area contributed by atoms with Gasteiger partial charge in [-0.25, -0.2) is 0 Å². The van der Waals surface area contributed by atoms with Gasteiger partial charge >= 0.3 is 0 Å². The minimum Gasteiger partial charge on any atom is -0.398 e. The fraction of sp³-hybridized carbons (Fsp3) is 0.111. The number of aryl methyl sites for hydroxylation is 2. The van der Waals surface area contributed by atoms with Crippen molar-refractivity contribution < 1.29 is 0 Å². The molecule has 4 aromatic carbocycles. The zero-order valence-electron chi connectivity index (χ0n) is 16.7. The van der Waals surface area contributed by atoms with Crippen LogP contribution in [0.3, 0.4) is 0 Å². The number of fused-ring (bicyclic) bond motifs is 3. The van der Waals surface area contributed by atoms with E-state index in [9.17, 15) is 0 Å². The van der Waals surface area contributed by atoms with Crippen LogP contribution < -0.4 is 11.5 Å². The molecule has 0 heterocycles. The lowest BCUT2D eigenvalue weighted by molar-refractivity contribution is 0.773. The predicted octanol–water partition coefficient (Wildman–Crippen LogP) is 5.83. The summed E-state index contributed by atoms with van der Waals surface area (Å²) in [5.74, 6) is 0. The first-order valence-corrected chi connectivity index (χ1v) is 9.96. The number of anilines is 2. The molecule has 0 amide bonds. The average Bonchev–Trinajstić information content (AvgIpc) is 3.00. The lowest BCUT2D eigenvalue weighted by atomic mass is 9.66. The van der Waals surface area contributed by atoms with E-state index in [0.29, 0.717) is 0 Å². The molecule has 0 aromatic heterocycles. The van der Waals surface area contributed by atoms with Gasteiger partial charge in [0.1, 0.15) is 0 Å². The Morgan fingerprint density at radius 3 is 1.34 bits per heavy atom. The van der Waals surface area contributed by atoms with Gasteiger partial charge in [-0.15, -0.1) is 0 Å². The van der Waals surface area contributed by atoms with Gasteiger partial charge in [0.05, 0.1) is 5.41 Å². The molecule has 0 aliphatic heterocycles. The molecule has 0 atom stereocenters. The van der Waals surface area contributed by atoms with E-state index in [2.05, 4.69) is 98.8 Å². The Labute approximate surface area is 171 Å².